The first-order valence-corrected chi connectivity index (χ1v) is 4.44. The molecule has 0 aliphatic rings. The second-order valence-electron chi connectivity index (χ2n) is 3.27. The molecule has 0 aliphatic heterocycles. The Labute approximate surface area is 82.3 Å². The number of methoxy groups -OCH3 is 1. The Hall–Kier alpha value is -1.55. The predicted octanol–water partition coefficient (Wildman–Crippen LogP) is 1.37. The van der Waals surface area contributed by atoms with E-state index in [1.165, 1.54) is 0 Å². The number of pyridine rings is 1. The third-order valence-corrected chi connectivity index (χ3v) is 2.22. The Morgan fingerprint density at radius 1 is 1.50 bits per heavy atom. The molecule has 4 nitrogen and oxygen atoms in total. The van der Waals surface area contributed by atoms with Crippen molar-refractivity contribution in [3.05, 3.63) is 29.7 Å². The number of nitrogens with zero attached hydrogens (tertiary/aromatic N) is 2. The Bertz CT molecular complexity index is 462. The molecule has 2 heterocycles. The summed E-state index contributed by atoms with van der Waals surface area (Å²) in [5.41, 5.74) is 9.38. The molecular formula is C10H13N3O. The van der Waals surface area contributed by atoms with Crippen LogP contribution in [0.4, 0.5) is 5.69 Å². The van der Waals surface area contributed by atoms with E-state index in [-0.39, 0.29) is 0 Å². The standard InChI is InChI=1S/C10H13N3O/c1-7-9(6-14-2)13-5-8(11)3-4-10(13)12-7/h3-5H,6,11H2,1-2H3. The van der Waals surface area contributed by atoms with Gasteiger partial charge >= 0.3 is 0 Å². The quantitative estimate of drug-likeness (QED) is 0.780. The number of anilines is 1. The van der Waals surface area contributed by atoms with Crippen LogP contribution >= 0.6 is 0 Å². The van der Waals surface area contributed by atoms with Crippen LogP contribution in [-0.2, 0) is 11.3 Å². The molecule has 0 spiro atoms. The van der Waals surface area contributed by atoms with E-state index in [1.54, 1.807) is 7.11 Å². The molecule has 0 bridgehead atoms. The summed E-state index contributed by atoms with van der Waals surface area (Å²) in [4.78, 5) is 4.40. The minimum absolute atomic E-state index is 0.552. The largest absolute Gasteiger partial charge is 0.398 e. The van der Waals surface area contributed by atoms with Crippen molar-refractivity contribution in [2.75, 3.05) is 12.8 Å². The topological polar surface area (TPSA) is 52.5 Å². The number of nitrogens with two attached hydrogens (primary N) is 1. The third kappa shape index (κ3) is 1.33. The van der Waals surface area contributed by atoms with Gasteiger partial charge in [-0.3, -0.25) is 4.40 Å². The van der Waals surface area contributed by atoms with Crippen LogP contribution in [0, 0.1) is 6.92 Å². The van der Waals surface area contributed by atoms with Crippen molar-refractivity contribution in [2.24, 2.45) is 0 Å². The van der Waals surface area contributed by atoms with Crippen molar-refractivity contribution in [3.8, 4) is 0 Å². The van der Waals surface area contributed by atoms with Gasteiger partial charge in [-0.15, -0.1) is 0 Å². The van der Waals surface area contributed by atoms with Crippen molar-refractivity contribution in [3.63, 3.8) is 0 Å². The summed E-state index contributed by atoms with van der Waals surface area (Å²) in [6.45, 7) is 2.52. The van der Waals surface area contributed by atoms with Gasteiger partial charge in [0.15, 0.2) is 0 Å². The van der Waals surface area contributed by atoms with Crippen molar-refractivity contribution < 1.29 is 4.74 Å². The normalized spacial score (nSPS) is 11.0. The van der Waals surface area contributed by atoms with E-state index in [4.69, 9.17) is 10.5 Å². The fraction of sp³-hybridized carbons (Fsp3) is 0.300. The van der Waals surface area contributed by atoms with Gasteiger partial charge in [-0.2, -0.15) is 0 Å². The molecule has 0 fully saturated rings. The fourth-order valence-corrected chi connectivity index (χ4v) is 1.54. The van der Waals surface area contributed by atoms with Gasteiger partial charge in [-0.05, 0) is 19.1 Å². The number of ether oxygens (including phenoxy) is 1. The van der Waals surface area contributed by atoms with Gasteiger partial charge in [0.2, 0.25) is 0 Å². The molecule has 2 aromatic heterocycles. The maximum atomic E-state index is 5.71. The lowest BCUT2D eigenvalue weighted by Gasteiger charge is -2.01. The zero-order valence-corrected chi connectivity index (χ0v) is 8.32. The Morgan fingerprint density at radius 3 is 3.00 bits per heavy atom. The summed E-state index contributed by atoms with van der Waals surface area (Å²) in [6, 6.07) is 3.75. The lowest BCUT2D eigenvalue weighted by molar-refractivity contribution is 0.180. The first kappa shape index (κ1) is 9.02. The highest BCUT2D eigenvalue weighted by Crippen LogP contribution is 2.14. The van der Waals surface area contributed by atoms with Gasteiger partial charge in [-0.25, -0.2) is 4.98 Å². The molecule has 4 heteroatoms. The first-order valence-electron chi connectivity index (χ1n) is 4.44. The Kier molecular flexibility index (Phi) is 2.13. The van der Waals surface area contributed by atoms with Crippen molar-refractivity contribution in [1.82, 2.24) is 9.38 Å². The van der Waals surface area contributed by atoms with E-state index in [1.807, 2.05) is 29.7 Å². The summed E-state index contributed by atoms with van der Waals surface area (Å²) < 4.78 is 7.08. The summed E-state index contributed by atoms with van der Waals surface area (Å²) in [6.07, 6.45) is 1.86. The lowest BCUT2D eigenvalue weighted by Crippen LogP contribution is -1.97. The van der Waals surface area contributed by atoms with E-state index < -0.39 is 0 Å². The molecule has 0 atom stereocenters. The number of aromatic nitrogens is 2. The van der Waals surface area contributed by atoms with Crippen LogP contribution in [0.5, 0.6) is 0 Å². The highest BCUT2D eigenvalue weighted by atomic mass is 16.5. The lowest BCUT2D eigenvalue weighted by atomic mass is 10.3. The maximum Gasteiger partial charge on any atom is 0.137 e. The average Bonchev–Trinajstić information content (AvgIpc) is 2.45. The van der Waals surface area contributed by atoms with Crippen molar-refractivity contribution in [2.45, 2.75) is 13.5 Å². The molecule has 2 aromatic rings. The highest BCUT2D eigenvalue weighted by Gasteiger charge is 2.07. The summed E-state index contributed by atoms with van der Waals surface area (Å²) in [5, 5.41) is 0. The van der Waals surface area contributed by atoms with Crippen molar-refractivity contribution in [1.29, 1.82) is 0 Å². The number of rotatable bonds is 2. The van der Waals surface area contributed by atoms with E-state index in [0.29, 0.717) is 6.61 Å². The zero-order chi connectivity index (χ0) is 10.1. The van der Waals surface area contributed by atoms with Crippen LogP contribution in [0.25, 0.3) is 5.65 Å². The van der Waals surface area contributed by atoms with E-state index >= 15 is 0 Å². The van der Waals surface area contributed by atoms with Gasteiger partial charge in [0.1, 0.15) is 5.65 Å². The van der Waals surface area contributed by atoms with E-state index in [2.05, 4.69) is 4.98 Å². The highest BCUT2D eigenvalue weighted by molar-refractivity contribution is 5.50. The predicted molar refractivity (Wildman–Crippen MR) is 55.1 cm³/mol. The molecule has 0 unspecified atom stereocenters. The van der Waals surface area contributed by atoms with Crippen LogP contribution < -0.4 is 5.73 Å². The molecule has 2 N–H and O–H groups in total. The summed E-state index contributed by atoms with van der Waals surface area (Å²) >= 11 is 0. The fourth-order valence-electron chi connectivity index (χ4n) is 1.54. The third-order valence-electron chi connectivity index (χ3n) is 2.22. The van der Waals surface area contributed by atoms with Crippen LogP contribution in [0.3, 0.4) is 0 Å². The van der Waals surface area contributed by atoms with E-state index in [0.717, 1.165) is 22.7 Å². The minimum atomic E-state index is 0.552. The molecule has 0 aliphatic carbocycles. The smallest absolute Gasteiger partial charge is 0.137 e. The molecular weight excluding hydrogens is 178 g/mol. The molecule has 74 valence electrons. The number of hydrogen-bond acceptors (Lipinski definition) is 3. The molecule has 2 rings (SSSR count). The molecule has 0 radical (unpaired) electrons. The molecule has 14 heavy (non-hydrogen) atoms. The summed E-state index contributed by atoms with van der Waals surface area (Å²) in [5.74, 6) is 0. The number of aryl methyl sites for hydroxylation is 1. The molecule has 0 amide bonds. The summed E-state index contributed by atoms with van der Waals surface area (Å²) in [7, 11) is 1.67. The number of imidazole rings is 1. The van der Waals surface area contributed by atoms with Gasteiger partial charge in [0.05, 0.1) is 18.0 Å². The Balaban J connectivity index is 2.66. The van der Waals surface area contributed by atoms with Crippen molar-refractivity contribution >= 4 is 11.3 Å². The van der Waals surface area contributed by atoms with E-state index in [9.17, 15) is 0 Å². The zero-order valence-electron chi connectivity index (χ0n) is 8.32. The van der Waals surface area contributed by atoms with Crippen LogP contribution in [0.15, 0.2) is 18.3 Å². The molecule has 0 aromatic carbocycles. The first-order chi connectivity index (χ1) is 6.72. The molecule has 0 saturated heterocycles. The SMILES string of the molecule is COCc1c(C)nc2ccc(N)cn12. The Morgan fingerprint density at radius 2 is 2.29 bits per heavy atom. The van der Waals surface area contributed by atoms with Crippen LogP contribution in [-0.4, -0.2) is 16.5 Å². The monoisotopic (exact) mass is 191 g/mol. The molecule has 0 saturated carbocycles. The average molecular weight is 191 g/mol. The second-order valence-corrected chi connectivity index (χ2v) is 3.27. The van der Waals surface area contributed by atoms with Gasteiger partial charge in [-0.1, -0.05) is 0 Å². The van der Waals surface area contributed by atoms with Gasteiger partial charge in [0, 0.05) is 19.0 Å². The maximum absolute atomic E-state index is 5.71. The van der Waals surface area contributed by atoms with Gasteiger partial charge < -0.3 is 10.5 Å². The minimum Gasteiger partial charge on any atom is -0.398 e. The number of hydrogen-bond donors (Lipinski definition) is 1. The number of fused-ring (bicyclic) bond motifs is 1. The second kappa shape index (κ2) is 3.31. The van der Waals surface area contributed by atoms with Gasteiger partial charge in [0.25, 0.3) is 0 Å². The van der Waals surface area contributed by atoms with Crippen LogP contribution in [0.1, 0.15) is 11.4 Å². The van der Waals surface area contributed by atoms with Crippen LogP contribution in [0.2, 0.25) is 0 Å². The number of nitrogen functional groups attached to an aromatic ring is 1.